The van der Waals surface area contributed by atoms with Crippen LogP contribution in [0.3, 0.4) is 0 Å². The molecule has 0 atom stereocenters. The van der Waals surface area contributed by atoms with Gasteiger partial charge in [-0.1, -0.05) is 36.4 Å². The molecule has 3 aromatic heterocycles. The second-order valence-electron chi connectivity index (χ2n) is 8.33. The highest BCUT2D eigenvalue weighted by molar-refractivity contribution is 5.90. The summed E-state index contributed by atoms with van der Waals surface area (Å²) in [6.45, 7) is 0.390. The van der Waals surface area contributed by atoms with Crippen LogP contribution in [0.1, 0.15) is 12.8 Å². The Kier molecular flexibility index (Phi) is 5.77. The highest BCUT2D eigenvalue weighted by Crippen LogP contribution is 2.33. The summed E-state index contributed by atoms with van der Waals surface area (Å²) in [5, 5.41) is 18.5. The molecule has 0 spiro atoms. The minimum Gasteiger partial charge on any atom is -0.389 e. The van der Waals surface area contributed by atoms with Crippen LogP contribution in [0, 0.1) is 0 Å². The van der Waals surface area contributed by atoms with Crippen molar-refractivity contribution in [2.45, 2.75) is 25.5 Å². The van der Waals surface area contributed by atoms with Gasteiger partial charge in [0.15, 0.2) is 5.78 Å². The lowest BCUT2D eigenvalue weighted by molar-refractivity contribution is -0.142. The molecule has 9 nitrogen and oxygen atoms in total. The molecule has 0 aliphatic carbocycles. The van der Waals surface area contributed by atoms with Crippen molar-refractivity contribution in [3.05, 3.63) is 77.2 Å². The van der Waals surface area contributed by atoms with Crippen LogP contribution in [0.2, 0.25) is 0 Å². The molecule has 5 rings (SSSR count). The maximum Gasteiger partial charge on any atom is 0.267 e. The number of hydrogen-bond donors (Lipinski definition) is 1. The molecule has 4 heterocycles. The Bertz CT molecular complexity index is 1420. The van der Waals surface area contributed by atoms with Gasteiger partial charge >= 0.3 is 0 Å². The van der Waals surface area contributed by atoms with Crippen molar-refractivity contribution in [1.82, 2.24) is 24.3 Å². The van der Waals surface area contributed by atoms with Gasteiger partial charge < -0.3 is 10.0 Å². The fraction of sp³-hybridized carbons (Fsp3) is 0.240. The van der Waals surface area contributed by atoms with Crippen molar-refractivity contribution in [2.75, 3.05) is 13.1 Å². The first kappa shape index (κ1) is 21.7. The van der Waals surface area contributed by atoms with Gasteiger partial charge in [0.05, 0.1) is 22.9 Å². The lowest BCUT2D eigenvalue weighted by Gasteiger charge is -2.35. The van der Waals surface area contributed by atoms with Crippen LogP contribution in [-0.4, -0.2) is 60.3 Å². The molecule has 1 saturated heterocycles. The number of nitrogens with zero attached hydrogens (tertiary/aromatic N) is 5. The summed E-state index contributed by atoms with van der Waals surface area (Å²) in [7, 11) is 0. The summed E-state index contributed by atoms with van der Waals surface area (Å²) in [5.41, 5.74) is 3.35. The zero-order valence-electron chi connectivity index (χ0n) is 18.4. The average molecular weight is 457 g/mol. The SMILES string of the molecule is O=C(CCC(=O)N1CC(O)C1)Cn1nc(-c2c(-c3ccccc3)nn3ccccc23)ccc1=O. The standard InChI is InChI=1S/C25H23N5O4/c31-18(9-11-22(33)28-14-19(32)15-28)16-30-23(34)12-10-20(26-30)24-21-8-4-5-13-29(21)27-25(24)17-6-2-1-3-7-17/h1-8,10,12-13,19,32H,9,11,14-16H2. The van der Waals surface area contributed by atoms with Crippen LogP contribution in [0.4, 0.5) is 0 Å². The van der Waals surface area contributed by atoms with Gasteiger partial charge in [0.25, 0.3) is 5.56 Å². The largest absolute Gasteiger partial charge is 0.389 e. The van der Waals surface area contributed by atoms with E-state index in [2.05, 4.69) is 5.10 Å². The number of likely N-dealkylation sites (tertiary alicyclic amines) is 1. The Hall–Kier alpha value is -4.11. The van der Waals surface area contributed by atoms with Gasteiger partial charge in [0, 0.05) is 43.8 Å². The van der Waals surface area contributed by atoms with E-state index in [9.17, 15) is 19.5 Å². The average Bonchev–Trinajstić information content (AvgIpc) is 3.22. The van der Waals surface area contributed by atoms with Crippen molar-refractivity contribution < 1.29 is 14.7 Å². The number of rotatable bonds is 7. The highest BCUT2D eigenvalue weighted by atomic mass is 16.3. The maximum atomic E-state index is 12.5. The van der Waals surface area contributed by atoms with Gasteiger partial charge in [0.1, 0.15) is 12.2 Å². The van der Waals surface area contributed by atoms with Gasteiger partial charge in [-0.05, 0) is 18.2 Å². The minimum absolute atomic E-state index is 0.00968. The Morgan fingerprint density at radius 1 is 0.941 bits per heavy atom. The van der Waals surface area contributed by atoms with Gasteiger partial charge in [0.2, 0.25) is 5.91 Å². The number of fused-ring (bicyclic) bond motifs is 1. The summed E-state index contributed by atoms with van der Waals surface area (Å²) >= 11 is 0. The molecule has 34 heavy (non-hydrogen) atoms. The van der Waals surface area contributed by atoms with Crippen molar-refractivity contribution in [3.8, 4) is 22.5 Å². The van der Waals surface area contributed by atoms with Gasteiger partial charge in [-0.3, -0.25) is 14.4 Å². The number of carbonyl (C=O) groups excluding carboxylic acids is 2. The van der Waals surface area contributed by atoms with E-state index < -0.39 is 11.7 Å². The van der Waals surface area contributed by atoms with Crippen LogP contribution in [0.15, 0.2) is 71.7 Å². The third kappa shape index (κ3) is 4.25. The van der Waals surface area contributed by atoms with E-state index >= 15 is 0 Å². The lowest BCUT2D eigenvalue weighted by Crippen LogP contribution is -2.53. The number of pyridine rings is 1. The third-order valence-electron chi connectivity index (χ3n) is 5.87. The third-order valence-corrected chi connectivity index (χ3v) is 5.87. The normalized spacial score (nSPS) is 13.7. The summed E-state index contributed by atoms with van der Waals surface area (Å²) < 4.78 is 2.90. The number of carbonyl (C=O) groups is 2. The molecule has 9 heteroatoms. The summed E-state index contributed by atoms with van der Waals surface area (Å²) in [6.07, 6.45) is 1.42. The first-order valence-electron chi connectivity index (χ1n) is 11.1. The fourth-order valence-electron chi connectivity index (χ4n) is 4.05. The molecular weight excluding hydrogens is 434 g/mol. The predicted octanol–water partition coefficient (Wildman–Crippen LogP) is 1.78. The number of β-amino-alcohol motifs (C(OH)–C–C–N with tert-alkyl or cyclic N) is 1. The highest BCUT2D eigenvalue weighted by Gasteiger charge is 2.28. The Morgan fingerprint density at radius 2 is 1.71 bits per heavy atom. The molecule has 0 bridgehead atoms. The van der Waals surface area contributed by atoms with E-state index in [1.165, 1.54) is 11.0 Å². The van der Waals surface area contributed by atoms with E-state index in [4.69, 9.17) is 5.10 Å². The van der Waals surface area contributed by atoms with Crippen LogP contribution >= 0.6 is 0 Å². The molecule has 0 radical (unpaired) electrons. The zero-order valence-corrected chi connectivity index (χ0v) is 18.4. The molecule has 1 aromatic carbocycles. The van der Waals surface area contributed by atoms with Crippen LogP contribution < -0.4 is 5.56 Å². The molecule has 0 saturated carbocycles. The first-order chi connectivity index (χ1) is 16.5. The molecule has 1 aliphatic heterocycles. The van der Waals surface area contributed by atoms with Crippen molar-refractivity contribution in [2.24, 2.45) is 0 Å². The number of amides is 1. The van der Waals surface area contributed by atoms with Crippen molar-refractivity contribution >= 4 is 17.2 Å². The number of ketones is 1. The molecule has 1 fully saturated rings. The number of aliphatic hydroxyl groups excluding tert-OH is 1. The second-order valence-corrected chi connectivity index (χ2v) is 8.33. The van der Waals surface area contributed by atoms with E-state index in [-0.39, 0.29) is 31.1 Å². The lowest BCUT2D eigenvalue weighted by atomic mass is 10.0. The Morgan fingerprint density at radius 3 is 2.47 bits per heavy atom. The molecule has 172 valence electrons. The molecule has 1 amide bonds. The molecule has 1 aliphatic rings. The summed E-state index contributed by atoms with van der Waals surface area (Å²) in [6, 6.07) is 18.4. The van der Waals surface area contributed by atoms with E-state index in [0.717, 1.165) is 27.0 Å². The van der Waals surface area contributed by atoms with E-state index in [1.807, 2.05) is 54.7 Å². The maximum absolute atomic E-state index is 12.5. The van der Waals surface area contributed by atoms with Gasteiger partial charge in [-0.15, -0.1) is 0 Å². The summed E-state index contributed by atoms with van der Waals surface area (Å²) in [5.74, 6) is -0.434. The number of benzene rings is 1. The minimum atomic E-state index is -0.481. The first-order valence-corrected chi connectivity index (χ1v) is 11.1. The van der Waals surface area contributed by atoms with Gasteiger partial charge in [-0.25, -0.2) is 9.20 Å². The van der Waals surface area contributed by atoms with Crippen molar-refractivity contribution in [3.63, 3.8) is 0 Å². The topological polar surface area (TPSA) is 110 Å². The van der Waals surface area contributed by atoms with Crippen molar-refractivity contribution in [1.29, 1.82) is 0 Å². The second kappa shape index (κ2) is 9.03. The zero-order chi connectivity index (χ0) is 23.7. The Labute approximate surface area is 194 Å². The van der Waals surface area contributed by atoms with E-state index in [0.29, 0.717) is 18.8 Å². The molecule has 0 unspecified atom stereocenters. The van der Waals surface area contributed by atoms with Crippen LogP contribution in [-0.2, 0) is 16.1 Å². The number of aromatic nitrogens is 4. The number of Topliss-reactive ketones (excluding diaryl/α,β-unsaturated/α-hetero) is 1. The van der Waals surface area contributed by atoms with Crippen LogP contribution in [0.5, 0.6) is 0 Å². The predicted molar refractivity (Wildman–Crippen MR) is 125 cm³/mol. The number of aliphatic hydroxyl groups is 1. The summed E-state index contributed by atoms with van der Waals surface area (Å²) in [4.78, 5) is 38.6. The molecular formula is C25H23N5O4. The smallest absolute Gasteiger partial charge is 0.267 e. The van der Waals surface area contributed by atoms with E-state index in [1.54, 1.807) is 10.6 Å². The van der Waals surface area contributed by atoms with Gasteiger partial charge in [-0.2, -0.15) is 10.2 Å². The molecule has 1 N–H and O–H groups in total. The molecule has 4 aromatic rings. The quantitative estimate of drug-likeness (QED) is 0.453. The fourth-order valence-corrected chi connectivity index (χ4v) is 4.05. The number of hydrogen-bond acceptors (Lipinski definition) is 6. The monoisotopic (exact) mass is 457 g/mol. The van der Waals surface area contributed by atoms with Crippen LogP contribution in [0.25, 0.3) is 28.0 Å². The Balaban J connectivity index is 1.42.